The van der Waals surface area contributed by atoms with Gasteiger partial charge in [-0.05, 0) is 31.9 Å². The first-order valence-electron chi connectivity index (χ1n) is 5.33. The van der Waals surface area contributed by atoms with Crippen molar-refractivity contribution in [2.24, 2.45) is 5.73 Å². The molecule has 1 saturated carbocycles. The lowest BCUT2D eigenvalue weighted by atomic mass is 10.2. The molecule has 2 rings (SSSR count). The molecule has 0 saturated heterocycles. The van der Waals surface area contributed by atoms with E-state index in [1.165, 1.54) is 0 Å². The van der Waals surface area contributed by atoms with Gasteiger partial charge in [-0.1, -0.05) is 18.2 Å². The van der Waals surface area contributed by atoms with Crippen molar-refractivity contribution in [3.63, 3.8) is 0 Å². The highest BCUT2D eigenvalue weighted by Crippen LogP contribution is 2.33. The minimum Gasteiger partial charge on any atom is -0.368 e. The predicted molar refractivity (Wildman–Crippen MR) is 60.6 cm³/mol. The standard InChI is InChI=1S/C12H16N2O/c1-9(12(13)15)14(11-7-8-11)10-5-3-2-4-6-10/h2-6,9,11H,7-8H2,1H3,(H2,13,15). The monoisotopic (exact) mass is 204 g/mol. The van der Waals surface area contributed by atoms with E-state index in [4.69, 9.17) is 5.73 Å². The first kappa shape index (κ1) is 10.0. The van der Waals surface area contributed by atoms with Crippen molar-refractivity contribution >= 4 is 11.6 Å². The Labute approximate surface area is 89.9 Å². The van der Waals surface area contributed by atoms with Crippen molar-refractivity contribution in [2.45, 2.75) is 31.8 Å². The summed E-state index contributed by atoms with van der Waals surface area (Å²) in [5.41, 5.74) is 6.45. The Bertz CT molecular complexity index is 346. The molecule has 1 aliphatic rings. The summed E-state index contributed by atoms with van der Waals surface area (Å²) in [5, 5.41) is 0. The van der Waals surface area contributed by atoms with Crippen LogP contribution >= 0.6 is 0 Å². The van der Waals surface area contributed by atoms with Crippen LogP contribution in [0.25, 0.3) is 0 Å². The number of carbonyl (C=O) groups is 1. The molecular formula is C12H16N2O. The number of rotatable bonds is 4. The van der Waals surface area contributed by atoms with E-state index in [1.54, 1.807) is 0 Å². The van der Waals surface area contributed by atoms with Gasteiger partial charge in [-0.2, -0.15) is 0 Å². The van der Waals surface area contributed by atoms with E-state index in [-0.39, 0.29) is 11.9 Å². The Hall–Kier alpha value is -1.51. The molecule has 0 bridgehead atoms. The summed E-state index contributed by atoms with van der Waals surface area (Å²) >= 11 is 0. The first-order chi connectivity index (χ1) is 7.20. The smallest absolute Gasteiger partial charge is 0.239 e. The molecular weight excluding hydrogens is 188 g/mol. The third kappa shape index (κ3) is 2.12. The van der Waals surface area contributed by atoms with Crippen LogP contribution in [0.15, 0.2) is 30.3 Å². The lowest BCUT2D eigenvalue weighted by Crippen LogP contribution is -2.44. The normalized spacial score (nSPS) is 17.1. The van der Waals surface area contributed by atoms with Crippen LogP contribution in [-0.4, -0.2) is 18.0 Å². The maximum Gasteiger partial charge on any atom is 0.239 e. The second kappa shape index (κ2) is 3.93. The minimum atomic E-state index is -0.259. The molecule has 1 aromatic rings. The fraction of sp³-hybridized carbons (Fsp3) is 0.417. The zero-order valence-electron chi connectivity index (χ0n) is 8.89. The Morgan fingerprint density at radius 3 is 2.47 bits per heavy atom. The largest absolute Gasteiger partial charge is 0.368 e. The molecule has 0 aliphatic heterocycles. The second-order valence-corrected chi connectivity index (χ2v) is 4.05. The van der Waals surface area contributed by atoms with Gasteiger partial charge in [-0.25, -0.2) is 0 Å². The molecule has 0 radical (unpaired) electrons. The molecule has 0 spiro atoms. The fourth-order valence-corrected chi connectivity index (χ4v) is 1.84. The Balaban J connectivity index is 2.24. The van der Waals surface area contributed by atoms with E-state index in [9.17, 15) is 4.79 Å². The van der Waals surface area contributed by atoms with Crippen LogP contribution in [0.4, 0.5) is 5.69 Å². The lowest BCUT2D eigenvalue weighted by molar-refractivity contribution is -0.119. The third-order valence-corrected chi connectivity index (χ3v) is 2.82. The number of para-hydroxylation sites is 1. The van der Waals surface area contributed by atoms with E-state index in [2.05, 4.69) is 4.90 Å². The number of nitrogens with two attached hydrogens (primary N) is 1. The van der Waals surface area contributed by atoms with Gasteiger partial charge in [0, 0.05) is 11.7 Å². The van der Waals surface area contributed by atoms with E-state index in [0.29, 0.717) is 6.04 Å². The van der Waals surface area contributed by atoms with Gasteiger partial charge in [0.05, 0.1) is 0 Å². The number of anilines is 1. The van der Waals surface area contributed by atoms with E-state index in [0.717, 1.165) is 18.5 Å². The number of carbonyl (C=O) groups excluding carboxylic acids is 1. The summed E-state index contributed by atoms with van der Waals surface area (Å²) in [7, 11) is 0. The van der Waals surface area contributed by atoms with E-state index < -0.39 is 0 Å². The van der Waals surface area contributed by atoms with Crippen molar-refractivity contribution < 1.29 is 4.79 Å². The highest BCUT2D eigenvalue weighted by molar-refractivity contribution is 5.83. The average Bonchev–Trinajstić information content (AvgIpc) is 3.04. The van der Waals surface area contributed by atoms with Crippen molar-refractivity contribution in [1.82, 2.24) is 0 Å². The molecule has 3 heteroatoms. The van der Waals surface area contributed by atoms with Crippen molar-refractivity contribution in [3.8, 4) is 0 Å². The molecule has 1 aliphatic carbocycles. The van der Waals surface area contributed by atoms with Crippen molar-refractivity contribution in [3.05, 3.63) is 30.3 Å². The number of hydrogen-bond donors (Lipinski definition) is 1. The van der Waals surface area contributed by atoms with Crippen LogP contribution in [0.3, 0.4) is 0 Å². The summed E-state index contributed by atoms with van der Waals surface area (Å²) in [6.07, 6.45) is 2.32. The Morgan fingerprint density at radius 2 is 2.00 bits per heavy atom. The van der Waals surface area contributed by atoms with Crippen LogP contribution in [0.5, 0.6) is 0 Å². The van der Waals surface area contributed by atoms with E-state index >= 15 is 0 Å². The molecule has 3 nitrogen and oxygen atoms in total. The van der Waals surface area contributed by atoms with E-state index in [1.807, 2.05) is 37.3 Å². The minimum absolute atomic E-state index is 0.222. The number of primary amides is 1. The molecule has 1 amide bonds. The van der Waals surface area contributed by atoms with Crippen LogP contribution in [-0.2, 0) is 4.79 Å². The fourth-order valence-electron chi connectivity index (χ4n) is 1.84. The van der Waals surface area contributed by atoms with Crippen molar-refractivity contribution in [1.29, 1.82) is 0 Å². The molecule has 1 unspecified atom stereocenters. The highest BCUT2D eigenvalue weighted by atomic mass is 16.1. The molecule has 1 atom stereocenters. The highest BCUT2D eigenvalue weighted by Gasteiger charge is 2.34. The Morgan fingerprint density at radius 1 is 1.40 bits per heavy atom. The zero-order chi connectivity index (χ0) is 10.8. The quantitative estimate of drug-likeness (QED) is 0.808. The SMILES string of the molecule is CC(C(N)=O)N(c1ccccc1)C1CC1. The molecule has 1 aromatic carbocycles. The van der Waals surface area contributed by atoms with Crippen LogP contribution in [0.2, 0.25) is 0 Å². The molecule has 15 heavy (non-hydrogen) atoms. The van der Waals surface area contributed by atoms with Gasteiger partial charge in [-0.3, -0.25) is 4.79 Å². The summed E-state index contributed by atoms with van der Waals surface area (Å²) in [6.45, 7) is 1.87. The summed E-state index contributed by atoms with van der Waals surface area (Å²) in [5.74, 6) is -0.259. The number of amides is 1. The summed E-state index contributed by atoms with van der Waals surface area (Å²) < 4.78 is 0. The van der Waals surface area contributed by atoms with Crippen LogP contribution < -0.4 is 10.6 Å². The molecule has 1 fully saturated rings. The molecule has 80 valence electrons. The Kier molecular flexibility index (Phi) is 2.62. The zero-order valence-corrected chi connectivity index (χ0v) is 8.89. The van der Waals surface area contributed by atoms with Gasteiger partial charge in [0.2, 0.25) is 5.91 Å². The summed E-state index contributed by atoms with van der Waals surface area (Å²) in [6, 6.07) is 10.3. The third-order valence-electron chi connectivity index (χ3n) is 2.82. The van der Waals surface area contributed by atoms with Gasteiger partial charge >= 0.3 is 0 Å². The van der Waals surface area contributed by atoms with Gasteiger partial charge in [0.25, 0.3) is 0 Å². The van der Waals surface area contributed by atoms with Gasteiger partial charge < -0.3 is 10.6 Å². The maximum absolute atomic E-state index is 11.2. The average molecular weight is 204 g/mol. The van der Waals surface area contributed by atoms with Gasteiger partial charge in [0.1, 0.15) is 6.04 Å². The van der Waals surface area contributed by atoms with Gasteiger partial charge in [-0.15, -0.1) is 0 Å². The topological polar surface area (TPSA) is 46.3 Å². The number of benzene rings is 1. The number of nitrogens with zero attached hydrogens (tertiary/aromatic N) is 1. The molecule has 0 aromatic heterocycles. The lowest BCUT2D eigenvalue weighted by Gasteiger charge is -2.29. The number of hydrogen-bond acceptors (Lipinski definition) is 2. The van der Waals surface area contributed by atoms with Gasteiger partial charge in [0.15, 0.2) is 0 Å². The van der Waals surface area contributed by atoms with Crippen LogP contribution in [0, 0.1) is 0 Å². The van der Waals surface area contributed by atoms with Crippen LogP contribution in [0.1, 0.15) is 19.8 Å². The molecule has 0 heterocycles. The predicted octanol–water partition coefficient (Wildman–Crippen LogP) is 1.53. The molecule has 2 N–H and O–H groups in total. The first-order valence-corrected chi connectivity index (χ1v) is 5.33. The van der Waals surface area contributed by atoms with Crippen molar-refractivity contribution in [2.75, 3.05) is 4.90 Å². The second-order valence-electron chi connectivity index (χ2n) is 4.05. The maximum atomic E-state index is 11.2. The summed E-state index contributed by atoms with van der Waals surface area (Å²) in [4.78, 5) is 13.4.